The lowest BCUT2D eigenvalue weighted by atomic mass is 9.65. The van der Waals surface area contributed by atoms with Gasteiger partial charge in [-0.15, -0.1) is 0 Å². The summed E-state index contributed by atoms with van der Waals surface area (Å²) in [6.07, 6.45) is 0. The topological polar surface area (TPSA) is 56.7 Å². The van der Waals surface area contributed by atoms with Crippen LogP contribution in [0.15, 0.2) is 186 Å². The molecule has 13 rings (SSSR count). The third-order valence-corrected chi connectivity index (χ3v) is 12.3. The molecule has 5 heteroatoms. The fraction of sp³-hybridized carbons (Fsp3) is 0.0192. The van der Waals surface area contributed by atoms with Gasteiger partial charge in [-0.3, -0.25) is 0 Å². The fourth-order valence-corrected chi connectivity index (χ4v) is 9.92. The maximum absolute atomic E-state index is 6.29. The SMILES string of the molecule is c1ccc(-c2nc(-c3ccc4c(c3)-c3ccccc3C43c4ccccc4-n4c5ccccc5c5cccc3c54)nc(-c3ccc4c(c3)oc3ccccc34)n2)cc1. The Hall–Kier alpha value is -7.63. The Balaban J connectivity index is 1.05. The number of furan rings is 1. The van der Waals surface area contributed by atoms with Crippen LogP contribution in [0, 0.1) is 0 Å². The molecule has 0 fully saturated rings. The van der Waals surface area contributed by atoms with Gasteiger partial charge in [-0.05, 0) is 69.8 Å². The lowest BCUT2D eigenvalue weighted by molar-refractivity contribution is 0.669. The molecule has 57 heavy (non-hydrogen) atoms. The van der Waals surface area contributed by atoms with Crippen molar-refractivity contribution in [3.05, 3.63) is 204 Å². The van der Waals surface area contributed by atoms with Crippen molar-refractivity contribution in [2.45, 2.75) is 5.41 Å². The fourth-order valence-electron chi connectivity index (χ4n) is 9.92. The van der Waals surface area contributed by atoms with E-state index in [0.29, 0.717) is 17.5 Å². The summed E-state index contributed by atoms with van der Waals surface area (Å²) >= 11 is 0. The highest BCUT2D eigenvalue weighted by molar-refractivity contribution is 6.13. The van der Waals surface area contributed by atoms with Crippen LogP contribution in [0.4, 0.5) is 0 Å². The Morgan fingerprint density at radius 3 is 1.88 bits per heavy atom. The van der Waals surface area contributed by atoms with Crippen molar-refractivity contribution < 1.29 is 4.42 Å². The molecular formula is C52H30N4O. The molecule has 2 aliphatic rings. The Labute approximate surface area is 327 Å². The molecule has 0 N–H and O–H groups in total. The zero-order valence-electron chi connectivity index (χ0n) is 30.5. The first-order valence-electron chi connectivity index (χ1n) is 19.4. The van der Waals surface area contributed by atoms with Gasteiger partial charge in [0, 0.05) is 38.2 Å². The van der Waals surface area contributed by atoms with Crippen LogP contribution >= 0.6 is 0 Å². The van der Waals surface area contributed by atoms with Gasteiger partial charge in [0.25, 0.3) is 0 Å². The van der Waals surface area contributed by atoms with Crippen LogP contribution in [0.2, 0.25) is 0 Å². The standard InChI is InChI=1S/C52H30N4O/c1-2-13-31(14-3-1)49-53-50(55-51(54-49)33-25-27-37-36-17-6-11-24-46(36)57-47(37)30-33)32-26-28-41-39(29-32)34-15-4-7-19-40(34)52(41)42-20-8-10-23-45(42)56-44-22-9-5-16-35(44)38-18-12-21-43(52)48(38)56/h1-30H. The molecule has 0 amide bonds. The Kier molecular flexibility index (Phi) is 6.04. The number of para-hydroxylation sites is 4. The Bertz CT molecular complexity index is 3490. The van der Waals surface area contributed by atoms with E-state index in [1.165, 1.54) is 60.9 Å². The monoisotopic (exact) mass is 726 g/mol. The Morgan fingerprint density at radius 2 is 1.00 bits per heavy atom. The molecule has 4 heterocycles. The van der Waals surface area contributed by atoms with E-state index in [9.17, 15) is 0 Å². The molecule has 0 saturated carbocycles. The average molecular weight is 727 g/mol. The first kappa shape index (κ1) is 30.7. The quantitative estimate of drug-likeness (QED) is 0.182. The predicted molar refractivity (Wildman–Crippen MR) is 229 cm³/mol. The molecule has 1 aliphatic heterocycles. The van der Waals surface area contributed by atoms with Crippen molar-refractivity contribution in [3.63, 3.8) is 0 Å². The molecule has 5 nitrogen and oxygen atoms in total. The van der Waals surface area contributed by atoms with E-state index in [4.69, 9.17) is 19.4 Å². The molecule has 1 unspecified atom stereocenters. The van der Waals surface area contributed by atoms with Crippen molar-refractivity contribution >= 4 is 43.7 Å². The van der Waals surface area contributed by atoms with Crippen LogP contribution in [0.3, 0.4) is 0 Å². The number of fused-ring (bicyclic) bond motifs is 15. The number of rotatable bonds is 3. The van der Waals surface area contributed by atoms with E-state index < -0.39 is 5.41 Å². The molecule has 264 valence electrons. The van der Waals surface area contributed by atoms with Gasteiger partial charge in [0.2, 0.25) is 0 Å². The summed E-state index contributed by atoms with van der Waals surface area (Å²) in [4.78, 5) is 15.4. The van der Waals surface area contributed by atoms with Gasteiger partial charge < -0.3 is 8.98 Å². The smallest absolute Gasteiger partial charge is 0.164 e. The second-order valence-electron chi connectivity index (χ2n) is 15.1. The molecule has 0 bridgehead atoms. The summed E-state index contributed by atoms with van der Waals surface area (Å²) in [6.45, 7) is 0. The number of hydrogen-bond acceptors (Lipinski definition) is 4. The normalized spacial score (nSPS) is 15.1. The zero-order chi connectivity index (χ0) is 37.2. The molecule has 0 radical (unpaired) electrons. The molecule has 11 aromatic rings. The van der Waals surface area contributed by atoms with Gasteiger partial charge in [0.15, 0.2) is 17.5 Å². The third kappa shape index (κ3) is 4.04. The second kappa shape index (κ2) is 11.2. The summed E-state index contributed by atoms with van der Waals surface area (Å²) in [6, 6.07) is 64.9. The summed E-state index contributed by atoms with van der Waals surface area (Å²) in [5.74, 6) is 1.84. The molecule has 1 spiro atoms. The van der Waals surface area contributed by atoms with E-state index in [0.717, 1.165) is 38.6 Å². The van der Waals surface area contributed by atoms with Crippen molar-refractivity contribution in [3.8, 4) is 51.0 Å². The highest BCUT2D eigenvalue weighted by Gasteiger charge is 2.50. The van der Waals surface area contributed by atoms with Crippen molar-refractivity contribution in [1.29, 1.82) is 0 Å². The first-order chi connectivity index (χ1) is 28.3. The van der Waals surface area contributed by atoms with Crippen LogP contribution in [-0.2, 0) is 5.41 Å². The summed E-state index contributed by atoms with van der Waals surface area (Å²) in [5.41, 5.74) is 15.1. The highest BCUT2D eigenvalue weighted by atomic mass is 16.3. The summed E-state index contributed by atoms with van der Waals surface area (Å²) in [7, 11) is 0. The van der Waals surface area contributed by atoms with Crippen molar-refractivity contribution in [2.24, 2.45) is 0 Å². The van der Waals surface area contributed by atoms with Gasteiger partial charge in [0.1, 0.15) is 11.2 Å². The molecular weight excluding hydrogens is 697 g/mol. The summed E-state index contributed by atoms with van der Waals surface area (Å²) < 4.78 is 8.78. The van der Waals surface area contributed by atoms with Crippen LogP contribution in [0.25, 0.3) is 94.7 Å². The van der Waals surface area contributed by atoms with Gasteiger partial charge in [-0.1, -0.05) is 146 Å². The average Bonchev–Trinajstić information content (AvgIpc) is 3.92. The number of nitrogens with zero attached hydrogens (tertiary/aromatic N) is 4. The minimum Gasteiger partial charge on any atom is -0.456 e. The largest absolute Gasteiger partial charge is 0.456 e. The highest BCUT2D eigenvalue weighted by Crippen LogP contribution is 2.61. The van der Waals surface area contributed by atoms with E-state index in [1.807, 2.05) is 42.5 Å². The van der Waals surface area contributed by atoms with E-state index in [1.54, 1.807) is 0 Å². The van der Waals surface area contributed by atoms with Crippen molar-refractivity contribution in [2.75, 3.05) is 0 Å². The number of hydrogen-bond donors (Lipinski definition) is 0. The van der Waals surface area contributed by atoms with Crippen LogP contribution < -0.4 is 0 Å². The number of benzene rings is 8. The minimum atomic E-state index is -0.521. The summed E-state index contributed by atoms with van der Waals surface area (Å²) in [5, 5.41) is 4.70. The third-order valence-electron chi connectivity index (χ3n) is 12.3. The zero-order valence-corrected chi connectivity index (χ0v) is 30.5. The minimum absolute atomic E-state index is 0.521. The Morgan fingerprint density at radius 1 is 0.386 bits per heavy atom. The second-order valence-corrected chi connectivity index (χ2v) is 15.1. The lowest BCUT2D eigenvalue weighted by Gasteiger charge is -2.39. The van der Waals surface area contributed by atoms with Gasteiger partial charge >= 0.3 is 0 Å². The maximum Gasteiger partial charge on any atom is 0.164 e. The van der Waals surface area contributed by atoms with Gasteiger partial charge in [0.05, 0.1) is 22.1 Å². The molecule has 8 aromatic carbocycles. The molecule has 1 atom stereocenters. The van der Waals surface area contributed by atoms with Crippen molar-refractivity contribution in [1.82, 2.24) is 19.5 Å². The molecule has 1 aliphatic carbocycles. The van der Waals surface area contributed by atoms with E-state index >= 15 is 0 Å². The van der Waals surface area contributed by atoms with Gasteiger partial charge in [-0.25, -0.2) is 15.0 Å². The van der Waals surface area contributed by atoms with Gasteiger partial charge in [-0.2, -0.15) is 0 Å². The number of aromatic nitrogens is 4. The van der Waals surface area contributed by atoms with E-state index in [2.05, 4.69) is 144 Å². The maximum atomic E-state index is 6.29. The predicted octanol–water partition coefficient (Wildman–Crippen LogP) is 12.5. The molecule has 0 saturated heterocycles. The van der Waals surface area contributed by atoms with Crippen LogP contribution in [0.1, 0.15) is 22.3 Å². The van der Waals surface area contributed by atoms with Crippen LogP contribution in [0.5, 0.6) is 0 Å². The van der Waals surface area contributed by atoms with E-state index in [-0.39, 0.29) is 0 Å². The lowest BCUT2D eigenvalue weighted by Crippen LogP contribution is -2.33. The van der Waals surface area contributed by atoms with Crippen LogP contribution in [-0.4, -0.2) is 19.5 Å². The molecule has 3 aromatic heterocycles. The first-order valence-corrected chi connectivity index (χ1v) is 19.4.